The minimum absolute atomic E-state index is 0.0347. The second-order valence-corrected chi connectivity index (χ2v) is 3.43. The molecule has 1 spiro atoms. The Balaban J connectivity index is 1.98. The zero-order chi connectivity index (χ0) is 7.73. The molecule has 0 radical (unpaired) electrons. The molecule has 0 saturated carbocycles. The van der Waals surface area contributed by atoms with Crippen LogP contribution in [0.2, 0.25) is 0 Å². The maximum Gasteiger partial charge on any atom is 0.0959 e. The molecule has 0 amide bonds. The van der Waals surface area contributed by atoms with Gasteiger partial charge in [0.05, 0.1) is 12.2 Å². The molecule has 0 aliphatic carbocycles. The van der Waals surface area contributed by atoms with Gasteiger partial charge in [-0.25, -0.2) is 5.01 Å². The first-order valence-electron chi connectivity index (χ1n) is 4.15. The molecule has 2 fully saturated rings. The number of hydrazine groups is 1. The number of hydrogen-bond acceptors (Lipinski definition) is 4. The second-order valence-electron chi connectivity index (χ2n) is 3.43. The number of hydrogen-bond donors (Lipinski definition) is 2. The zero-order valence-electron chi connectivity index (χ0n) is 6.68. The highest BCUT2D eigenvalue weighted by atomic mass is 16.5. The van der Waals surface area contributed by atoms with E-state index in [1.807, 2.05) is 5.01 Å². The summed E-state index contributed by atoms with van der Waals surface area (Å²) in [5.41, 5.74) is 0.0347. The van der Waals surface area contributed by atoms with Crippen LogP contribution in [0.4, 0.5) is 0 Å². The van der Waals surface area contributed by atoms with Gasteiger partial charge in [-0.3, -0.25) is 5.84 Å². The molecule has 1 unspecified atom stereocenters. The van der Waals surface area contributed by atoms with Crippen molar-refractivity contribution in [2.75, 3.05) is 32.8 Å². The Hall–Kier alpha value is -0.160. The Bertz CT molecular complexity index is 139. The fourth-order valence-corrected chi connectivity index (χ4v) is 1.84. The van der Waals surface area contributed by atoms with Gasteiger partial charge in [0.15, 0.2) is 0 Å². The van der Waals surface area contributed by atoms with Crippen LogP contribution in [0.5, 0.6) is 0 Å². The normalized spacial score (nSPS) is 40.1. The Labute approximate surface area is 66.7 Å². The quantitative estimate of drug-likeness (QED) is 0.439. The lowest BCUT2D eigenvalue weighted by molar-refractivity contribution is -0.0572. The number of morpholine rings is 1. The van der Waals surface area contributed by atoms with Crippen LogP contribution in [0.1, 0.15) is 6.42 Å². The standard InChI is InChI=1S/C7H15N3O/c8-10-3-1-7(6-10)5-9-2-4-11-7/h9H,1-6,8H2. The van der Waals surface area contributed by atoms with Gasteiger partial charge in [0.2, 0.25) is 0 Å². The van der Waals surface area contributed by atoms with Crippen molar-refractivity contribution in [2.45, 2.75) is 12.0 Å². The average molecular weight is 157 g/mol. The molecule has 0 aromatic carbocycles. The van der Waals surface area contributed by atoms with Gasteiger partial charge in [-0.2, -0.15) is 0 Å². The highest BCUT2D eigenvalue weighted by molar-refractivity contribution is 4.93. The van der Waals surface area contributed by atoms with Gasteiger partial charge in [0, 0.05) is 26.2 Å². The van der Waals surface area contributed by atoms with Crippen LogP contribution in [0, 0.1) is 0 Å². The van der Waals surface area contributed by atoms with E-state index < -0.39 is 0 Å². The summed E-state index contributed by atoms with van der Waals surface area (Å²) in [7, 11) is 0. The van der Waals surface area contributed by atoms with Crippen LogP contribution < -0.4 is 11.2 Å². The molecule has 2 aliphatic heterocycles. The van der Waals surface area contributed by atoms with Crippen LogP contribution in [0.3, 0.4) is 0 Å². The molecule has 11 heavy (non-hydrogen) atoms. The zero-order valence-corrected chi connectivity index (χ0v) is 6.68. The molecule has 64 valence electrons. The van der Waals surface area contributed by atoms with Crippen molar-refractivity contribution in [3.05, 3.63) is 0 Å². The summed E-state index contributed by atoms with van der Waals surface area (Å²) in [5, 5.41) is 5.17. The van der Waals surface area contributed by atoms with Crippen LogP contribution in [0.15, 0.2) is 0 Å². The number of nitrogens with two attached hydrogens (primary N) is 1. The topological polar surface area (TPSA) is 50.5 Å². The Morgan fingerprint density at radius 3 is 3.00 bits per heavy atom. The number of nitrogens with zero attached hydrogens (tertiary/aromatic N) is 1. The highest BCUT2D eigenvalue weighted by Crippen LogP contribution is 2.24. The predicted molar refractivity (Wildman–Crippen MR) is 41.9 cm³/mol. The first-order chi connectivity index (χ1) is 5.31. The summed E-state index contributed by atoms with van der Waals surface area (Å²) in [6.07, 6.45) is 1.07. The maximum absolute atomic E-state index is 5.71. The molecule has 3 N–H and O–H groups in total. The van der Waals surface area contributed by atoms with Crippen molar-refractivity contribution in [3.63, 3.8) is 0 Å². The third-order valence-electron chi connectivity index (χ3n) is 2.48. The molecule has 2 aliphatic rings. The largest absolute Gasteiger partial charge is 0.371 e. The molecule has 4 nitrogen and oxygen atoms in total. The summed E-state index contributed by atoms with van der Waals surface area (Å²) in [6, 6.07) is 0. The molecule has 2 rings (SSSR count). The van der Waals surface area contributed by atoms with Crippen molar-refractivity contribution >= 4 is 0 Å². The van der Waals surface area contributed by atoms with Crippen molar-refractivity contribution < 1.29 is 4.74 Å². The molecule has 1 atom stereocenters. The Kier molecular flexibility index (Phi) is 1.85. The van der Waals surface area contributed by atoms with E-state index in [-0.39, 0.29) is 5.60 Å². The van der Waals surface area contributed by atoms with Crippen LogP contribution >= 0.6 is 0 Å². The molecule has 2 heterocycles. The van der Waals surface area contributed by atoms with Crippen molar-refractivity contribution in [1.82, 2.24) is 10.3 Å². The molecule has 0 aromatic rings. The highest BCUT2D eigenvalue weighted by Gasteiger charge is 2.39. The summed E-state index contributed by atoms with van der Waals surface area (Å²) in [6.45, 7) is 4.60. The molecular formula is C7H15N3O. The smallest absolute Gasteiger partial charge is 0.0959 e. The number of ether oxygens (including phenoxy) is 1. The lowest BCUT2D eigenvalue weighted by Gasteiger charge is -2.33. The van der Waals surface area contributed by atoms with Gasteiger partial charge in [-0.15, -0.1) is 0 Å². The average Bonchev–Trinajstić information content (AvgIpc) is 2.34. The first kappa shape index (κ1) is 7.49. The van der Waals surface area contributed by atoms with Crippen LogP contribution in [0.25, 0.3) is 0 Å². The van der Waals surface area contributed by atoms with Gasteiger partial charge in [0.1, 0.15) is 0 Å². The van der Waals surface area contributed by atoms with E-state index in [1.165, 1.54) is 0 Å². The fraction of sp³-hybridized carbons (Fsp3) is 1.00. The molecule has 4 heteroatoms. The third-order valence-corrected chi connectivity index (χ3v) is 2.48. The van der Waals surface area contributed by atoms with E-state index in [2.05, 4.69) is 5.32 Å². The van der Waals surface area contributed by atoms with Crippen molar-refractivity contribution in [3.8, 4) is 0 Å². The Morgan fingerprint density at radius 1 is 1.55 bits per heavy atom. The van der Waals surface area contributed by atoms with E-state index in [1.54, 1.807) is 0 Å². The van der Waals surface area contributed by atoms with E-state index >= 15 is 0 Å². The predicted octanol–water partition coefficient (Wildman–Crippen LogP) is -1.08. The summed E-state index contributed by atoms with van der Waals surface area (Å²) >= 11 is 0. The van der Waals surface area contributed by atoms with Gasteiger partial charge < -0.3 is 10.1 Å². The minimum atomic E-state index is 0.0347. The Morgan fingerprint density at radius 2 is 2.45 bits per heavy atom. The van der Waals surface area contributed by atoms with E-state index in [9.17, 15) is 0 Å². The molecular weight excluding hydrogens is 142 g/mol. The fourth-order valence-electron chi connectivity index (χ4n) is 1.84. The van der Waals surface area contributed by atoms with Crippen molar-refractivity contribution in [2.24, 2.45) is 5.84 Å². The monoisotopic (exact) mass is 157 g/mol. The molecule has 2 saturated heterocycles. The van der Waals surface area contributed by atoms with Crippen molar-refractivity contribution in [1.29, 1.82) is 0 Å². The van der Waals surface area contributed by atoms with Gasteiger partial charge in [-0.05, 0) is 6.42 Å². The van der Waals surface area contributed by atoms with Gasteiger partial charge in [0.25, 0.3) is 0 Å². The third kappa shape index (κ3) is 1.39. The second kappa shape index (κ2) is 2.71. The minimum Gasteiger partial charge on any atom is -0.371 e. The van der Waals surface area contributed by atoms with E-state index in [4.69, 9.17) is 10.6 Å². The maximum atomic E-state index is 5.71. The van der Waals surface area contributed by atoms with E-state index in [0.29, 0.717) is 0 Å². The number of rotatable bonds is 0. The molecule has 0 aromatic heterocycles. The summed E-state index contributed by atoms with van der Waals surface area (Å²) in [5.74, 6) is 5.67. The lowest BCUT2D eigenvalue weighted by Crippen LogP contribution is -2.51. The number of nitrogens with one attached hydrogen (secondary N) is 1. The first-order valence-corrected chi connectivity index (χ1v) is 4.15. The van der Waals surface area contributed by atoms with E-state index in [0.717, 1.165) is 39.2 Å². The van der Waals surface area contributed by atoms with Crippen LogP contribution in [-0.4, -0.2) is 43.4 Å². The van der Waals surface area contributed by atoms with Gasteiger partial charge in [-0.1, -0.05) is 0 Å². The summed E-state index contributed by atoms with van der Waals surface area (Å²) in [4.78, 5) is 0. The lowest BCUT2D eigenvalue weighted by atomic mass is 10.0. The molecule has 0 bridgehead atoms. The SMILES string of the molecule is NN1CCC2(CNCCO2)C1. The van der Waals surface area contributed by atoms with Crippen LogP contribution in [-0.2, 0) is 4.74 Å². The summed E-state index contributed by atoms with van der Waals surface area (Å²) < 4.78 is 5.71. The van der Waals surface area contributed by atoms with Gasteiger partial charge >= 0.3 is 0 Å².